The minimum atomic E-state index is -0.608. The van der Waals surface area contributed by atoms with Crippen LogP contribution < -0.4 is 5.73 Å². The highest BCUT2D eigenvalue weighted by molar-refractivity contribution is 6.07. The monoisotopic (exact) mass is 455 g/mol. The van der Waals surface area contributed by atoms with E-state index in [2.05, 4.69) is 4.98 Å². The first-order valence-corrected chi connectivity index (χ1v) is 10.7. The van der Waals surface area contributed by atoms with Gasteiger partial charge in [0.25, 0.3) is 0 Å². The van der Waals surface area contributed by atoms with Gasteiger partial charge in [0, 0.05) is 30.2 Å². The van der Waals surface area contributed by atoms with Crippen LogP contribution in [0.15, 0.2) is 36.4 Å². The average molecular weight is 456 g/mol. The van der Waals surface area contributed by atoms with Crippen LogP contribution in [0.1, 0.15) is 42.3 Å². The highest BCUT2D eigenvalue weighted by Gasteiger charge is 2.22. The van der Waals surface area contributed by atoms with E-state index in [-0.39, 0.29) is 5.56 Å². The van der Waals surface area contributed by atoms with Crippen molar-refractivity contribution in [3.63, 3.8) is 0 Å². The van der Waals surface area contributed by atoms with Crippen LogP contribution in [-0.4, -0.2) is 48.2 Å². The molecule has 33 heavy (non-hydrogen) atoms. The van der Waals surface area contributed by atoms with Crippen LogP contribution in [0, 0.1) is 5.82 Å². The molecule has 1 heterocycles. The molecule has 0 unspecified atom stereocenters. The van der Waals surface area contributed by atoms with E-state index < -0.39 is 23.5 Å². The average Bonchev–Trinajstić information content (AvgIpc) is 3.10. The summed E-state index contributed by atoms with van der Waals surface area (Å²) in [6.45, 7) is 6.21. The number of aromatic nitrogens is 1. The lowest BCUT2D eigenvalue weighted by Crippen LogP contribution is -2.33. The maximum absolute atomic E-state index is 14.2. The number of carbonyl (C=O) groups is 2. The fourth-order valence-electron chi connectivity index (χ4n) is 3.73. The molecule has 3 N–H and O–H groups in total. The molecule has 0 saturated heterocycles. The summed E-state index contributed by atoms with van der Waals surface area (Å²) < 4.78 is 24.4. The van der Waals surface area contributed by atoms with Gasteiger partial charge in [-0.2, -0.15) is 0 Å². The SMILES string of the molecule is COC(=O)c1cc(F)cc2[nH]c(-c3ccc(CN(C)C(=O)OC(C)(C)C)cc3)c(CCN)c12. The third-order valence-corrected chi connectivity index (χ3v) is 5.13. The van der Waals surface area contributed by atoms with Crippen LogP contribution in [0.5, 0.6) is 0 Å². The number of benzene rings is 2. The molecule has 0 radical (unpaired) electrons. The first-order chi connectivity index (χ1) is 15.5. The Hall–Kier alpha value is -3.39. The van der Waals surface area contributed by atoms with E-state index in [1.807, 2.05) is 45.0 Å². The van der Waals surface area contributed by atoms with Crippen molar-refractivity contribution in [3.8, 4) is 11.3 Å². The Morgan fingerprint density at radius 3 is 2.39 bits per heavy atom. The molecule has 2 aromatic carbocycles. The normalized spacial score (nSPS) is 11.5. The maximum Gasteiger partial charge on any atom is 0.410 e. The number of carbonyl (C=O) groups excluding carboxylic acids is 2. The van der Waals surface area contributed by atoms with Gasteiger partial charge in [-0.3, -0.25) is 0 Å². The highest BCUT2D eigenvalue weighted by Crippen LogP contribution is 2.34. The number of nitrogens with one attached hydrogen (secondary N) is 1. The van der Waals surface area contributed by atoms with E-state index in [4.69, 9.17) is 15.2 Å². The van der Waals surface area contributed by atoms with Crippen molar-refractivity contribution in [2.45, 2.75) is 39.3 Å². The van der Waals surface area contributed by atoms with Crippen molar-refractivity contribution in [1.29, 1.82) is 0 Å². The zero-order valence-corrected chi connectivity index (χ0v) is 19.6. The van der Waals surface area contributed by atoms with Gasteiger partial charge in [0.15, 0.2) is 0 Å². The Kier molecular flexibility index (Phi) is 7.07. The number of rotatable bonds is 6. The van der Waals surface area contributed by atoms with Crippen molar-refractivity contribution in [3.05, 3.63) is 58.9 Å². The van der Waals surface area contributed by atoms with Gasteiger partial charge in [0.05, 0.1) is 12.7 Å². The molecule has 8 heteroatoms. The third kappa shape index (κ3) is 5.51. The van der Waals surface area contributed by atoms with Crippen molar-refractivity contribution >= 4 is 23.0 Å². The van der Waals surface area contributed by atoms with Crippen molar-refractivity contribution in [2.24, 2.45) is 5.73 Å². The number of esters is 1. The van der Waals surface area contributed by atoms with E-state index in [1.165, 1.54) is 24.1 Å². The summed E-state index contributed by atoms with van der Waals surface area (Å²) in [6, 6.07) is 10.2. The van der Waals surface area contributed by atoms with Crippen LogP contribution >= 0.6 is 0 Å². The predicted octanol–water partition coefficient (Wildman–Crippen LogP) is 4.63. The summed E-state index contributed by atoms with van der Waals surface area (Å²) in [5.41, 5.74) is 9.31. The summed E-state index contributed by atoms with van der Waals surface area (Å²) >= 11 is 0. The van der Waals surface area contributed by atoms with Crippen molar-refractivity contribution in [1.82, 2.24) is 9.88 Å². The first-order valence-electron chi connectivity index (χ1n) is 10.7. The summed E-state index contributed by atoms with van der Waals surface area (Å²) in [4.78, 5) is 29.3. The molecule has 7 nitrogen and oxygen atoms in total. The van der Waals surface area contributed by atoms with E-state index in [0.29, 0.717) is 30.4 Å². The molecule has 1 aromatic heterocycles. The number of aromatic amines is 1. The molecule has 0 bridgehead atoms. The Morgan fingerprint density at radius 2 is 1.82 bits per heavy atom. The van der Waals surface area contributed by atoms with Gasteiger partial charge in [0.1, 0.15) is 11.4 Å². The van der Waals surface area contributed by atoms with Crippen LogP contribution in [-0.2, 0) is 22.4 Å². The Morgan fingerprint density at radius 1 is 1.15 bits per heavy atom. The Bertz CT molecular complexity index is 1160. The second kappa shape index (κ2) is 9.62. The summed E-state index contributed by atoms with van der Waals surface area (Å²) in [5.74, 6) is -1.14. The molecule has 1 amide bonds. The number of nitrogens with zero attached hydrogens (tertiary/aromatic N) is 1. The second-order valence-corrected chi connectivity index (χ2v) is 8.92. The first kappa shape index (κ1) is 24.3. The predicted molar refractivity (Wildman–Crippen MR) is 125 cm³/mol. The molecule has 0 aliphatic rings. The van der Waals surface area contributed by atoms with Gasteiger partial charge in [-0.25, -0.2) is 14.0 Å². The summed E-state index contributed by atoms with van der Waals surface area (Å²) in [5, 5.41) is 0.609. The number of fused-ring (bicyclic) bond motifs is 1. The zero-order valence-electron chi connectivity index (χ0n) is 19.6. The number of hydrogen-bond donors (Lipinski definition) is 2. The van der Waals surface area contributed by atoms with Crippen molar-refractivity contribution in [2.75, 3.05) is 20.7 Å². The summed E-state index contributed by atoms with van der Waals surface area (Å²) in [6.07, 6.45) is 0.0958. The van der Waals surface area contributed by atoms with Gasteiger partial charge < -0.3 is 25.1 Å². The quantitative estimate of drug-likeness (QED) is 0.528. The lowest BCUT2D eigenvalue weighted by Gasteiger charge is -2.24. The fraction of sp³-hybridized carbons (Fsp3) is 0.360. The Balaban J connectivity index is 1.95. The smallest absolute Gasteiger partial charge is 0.410 e. The van der Waals surface area contributed by atoms with Crippen LogP contribution in [0.2, 0.25) is 0 Å². The Labute approximate surface area is 192 Å². The summed E-state index contributed by atoms with van der Waals surface area (Å²) in [7, 11) is 2.95. The lowest BCUT2D eigenvalue weighted by molar-refractivity contribution is 0.0285. The van der Waals surface area contributed by atoms with Crippen LogP contribution in [0.25, 0.3) is 22.2 Å². The van der Waals surface area contributed by atoms with E-state index >= 15 is 0 Å². The molecule has 3 rings (SSSR count). The van der Waals surface area contributed by atoms with Crippen LogP contribution in [0.3, 0.4) is 0 Å². The van der Waals surface area contributed by atoms with Crippen molar-refractivity contribution < 1.29 is 23.5 Å². The minimum Gasteiger partial charge on any atom is -0.465 e. The number of amides is 1. The lowest BCUT2D eigenvalue weighted by atomic mass is 9.98. The van der Waals surface area contributed by atoms with Gasteiger partial charge in [-0.15, -0.1) is 0 Å². The minimum absolute atomic E-state index is 0.161. The van der Waals surface area contributed by atoms with Gasteiger partial charge in [-0.1, -0.05) is 24.3 Å². The molecular formula is C25H30FN3O4. The number of hydrogen-bond acceptors (Lipinski definition) is 5. The maximum atomic E-state index is 14.2. The molecule has 176 valence electrons. The molecule has 0 atom stereocenters. The van der Waals surface area contributed by atoms with E-state index in [1.54, 1.807) is 7.05 Å². The number of nitrogens with two attached hydrogens (primary N) is 1. The number of ether oxygens (including phenoxy) is 2. The van der Waals surface area contributed by atoms with Crippen LogP contribution in [0.4, 0.5) is 9.18 Å². The third-order valence-electron chi connectivity index (χ3n) is 5.13. The molecule has 0 saturated carbocycles. The molecule has 0 fully saturated rings. The number of H-pyrrole nitrogens is 1. The molecular weight excluding hydrogens is 425 g/mol. The molecule has 0 spiro atoms. The number of methoxy groups -OCH3 is 1. The van der Waals surface area contributed by atoms with Gasteiger partial charge in [0.2, 0.25) is 0 Å². The highest BCUT2D eigenvalue weighted by atomic mass is 19.1. The molecule has 3 aromatic rings. The topological polar surface area (TPSA) is 97.7 Å². The molecule has 0 aliphatic carbocycles. The van der Waals surface area contributed by atoms with E-state index in [0.717, 1.165) is 22.4 Å². The fourth-order valence-corrected chi connectivity index (χ4v) is 3.73. The molecule has 0 aliphatic heterocycles. The van der Waals surface area contributed by atoms with Gasteiger partial charge >= 0.3 is 12.1 Å². The standard InChI is InChI=1S/C25H30FN3O4/c1-25(2,3)33-24(31)29(4)14-15-6-8-16(9-7-15)22-18(10-11-27)21-19(23(30)32-5)12-17(26)13-20(21)28-22/h6-9,12-13,28H,10-11,14,27H2,1-5H3. The second-order valence-electron chi connectivity index (χ2n) is 8.92. The van der Waals surface area contributed by atoms with E-state index in [9.17, 15) is 14.0 Å². The zero-order chi connectivity index (χ0) is 24.3. The number of halogens is 1. The largest absolute Gasteiger partial charge is 0.465 e. The van der Waals surface area contributed by atoms with Gasteiger partial charge in [-0.05, 0) is 62.6 Å².